The average Bonchev–Trinajstić information content (AvgIpc) is 3.77. The van der Waals surface area contributed by atoms with Gasteiger partial charge in [0.05, 0.1) is 11.4 Å². The number of benzene rings is 8. The molecule has 72 heavy (non-hydrogen) atoms. The van der Waals surface area contributed by atoms with Gasteiger partial charge in [0.1, 0.15) is 5.58 Å². The maximum atomic E-state index is 6.59. The van der Waals surface area contributed by atoms with Crippen LogP contribution in [0.1, 0.15) is 58.2 Å². The smallest absolute Gasteiger partial charge is 0.227 e. The van der Waals surface area contributed by atoms with Crippen LogP contribution >= 0.6 is 0 Å². The Balaban J connectivity index is 1.03. The first-order valence-electron chi connectivity index (χ1n) is 25.3. The van der Waals surface area contributed by atoms with E-state index in [-0.39, 0.29) is 10.8 Å². The number of fused-ring (bicyclic) bond motifs is 3. The number of hydrogen-bond acceptors (Lipinski definition) is 3. The second-order valence-electron chi connectivity index (χ2n) is 21.9. The molecule has 0 bridgehead atoms. The van der Waals surface area contributed by atoms with E-state index in [2.05, 4.69) is 237 Å². The molecule has 0 aliphatic rings. The van der Waals surface area contributed by atoms with Crippen molar-refractivity contribution in [3.8, 4) is 89.3 Å². The fraction of sp³-hybridized carbons (Fsp3) is 0.159. The number of para-hydroxylation sites is 1. The number of hydrogen-bond donors (Lipinski definition) is 0. The lowest BCUT2D eigenvalue weighted by Gasteiger charge is -2.20. The number of nitrogens with zero attached hydrogens (tertiary/aromatic N) is 2. The van der Waals surface area contributed by atoms with E-state index >= 15 is 0 Å². The highest BCUT2D eigenvalue weighted by Crippen LogP contribution is 2.44. The molecule has 0 aliphatic heterocycles. The number of aryl methyl sites for hydroxylation is 1. The van der Waals surface area contributed by atoms with Crippen molar-refractivity contribution in [2.24, 2.45) is 10.8 Å². The summed E-state index contributed by atoms with van der Waals surface area (Å²) in [4.78, 5) is 10.2. The topological polar surface area (TPSA) is 38.9 Å². The van der Waals surface area contributed by atoms with Crippen molar-refractivity contribution < 1.29 is 4.42 Å². The van der Waals surface area contributed by atoms with Gasteiger partial charge < -0.3 is 4.42 Å². The zero-order chi connectivity index (χ0) is 49.6. The predicted molar refractivity (Wildman–Crippen MR) is 304 cm³/mol. The molecule has 3 heteroatoms. The second kappa shape index (κ2) is 18.9. The van der Waals surface area contributed by atoms with Gasteiger partial charge in [-0.25, -0.2) is 4.98 Å². The molecule has 0 N–H and O–H groups in total. The molecule has 11 rings (SSSR count). The normalized spacial score (nSPS) is 11.9. The molecule has 0 aliphatic carbocycles. The summed E-state index contributed by atoms with van der Waals surface area (Å²) in [5.74, 6) is 0. The van der Waals surface area contributed by atoms with E-state index in [1.807, 2.05) is 24.4 Å². The highest BCUT2D eigenvalue weighted by molar-refractivity contribution is 6.09. The molecule has 0 spiro atoms. The fourth-order valence-electron chi connectivity index (χ4n) is 10.5. The van der Waals surface area contributed by atoms with Gasteiger partial charge in [0.15, 0.2) is 0 Å². The lowest BCUT2D eigenvalue weighted by molar-refractivity contribution is 0.411. The largest absolute Gasteiger partial charge is 0.437 e. The highest BCUT2D eigenvalue weighted by atomic mass is 16.3. The minimum absolute atomic E-state index is 0.212. The van der Waals surface area contributed by atoms with Crippen LogP contribution in [0.4, 0.5) is 0 Å². The van der Waals surface area contributed by atoms with Gasteiger partial charge in [0.2, 0.25) is 5.71 Å². The molecular formula is C69H60N2O. The van der Waals surface area contributed by atoms with Crippen molar-refractivity contribution in [1.82, 2.24) is 9.97 Å². The van der Waals surface area contributed by atoms with Crippen LogP contribution in [-0.2, 0) is 12.8 Å². The van der Waals surface area contributed by atoms with Gasteiger partial charge >= 0.3 is 0 Å². The summed E-state index contributed by atoms with van der Waals surface area (Å²) in [5.41, 5.74) is 23.5. The molecule has 0 saturated heterocycles. The van der Waals surface area contributed by atoms with Crippen LogP contribution in [0.3, 0.4) is 0 Å². The van der Waals surface area contributed by atoms with E-state index < -0.39 is 0 Å². The van der Waals surface area contributed by atoms with Crippen molar-refractivity contribution >= 4 is 22.1 Å². The Morgan fingerprint density at radius 2 is 0.819 bits per heavy atom. The van der Waals surface area contributed by atoms with Gasteiger partial charge in [0, 0.05) is 33.7 Å². The highest BCUT2D eigenvalue weighted by Gasteiger charge is 2.20. The monoisotopic (exact) mass is 932 g/mol. The first-order valence-corrected chi connectivity index (χ1v) is 25.3. The zero-order valence-corrected chi connectivity index (χ0v) is 42.4. The minimum atomic E-state index is 0.212. The Labute approximate surface area is 424 Å². The molecule has 3 heterocycles. The second-order valence-corrected chi connectivity index (χ2v) is 21.9. The van der Waals surface area contributed by atoms with Crippen LogP contribution in [0.25, 0.3) is 111 Å². The number of furan rings is 1. The Kier molecular flexibility index (Phi) is 12.1. The van der Waals surface area contributed by atoms with Crippen LogP contribution in [0, 0.1) is 17.8 Å². The Bertz CT molecular complexity index is 3630. The van der Waals surface area contributed by atoms with Crippen LogP contribution < -0.4 is 0 Å². The first kappa shape index (κ1) is 46.3. The number of rotatable bonds is 10. The molecule has 0 atom stereocenters. The molecular weight excluding hydrogens is 873 g/mol. The predicted octanol–water partition coefficient (Wildman–Crippen LogP) is 19.2. The van der Waals surface area contributed by atoms with E-state index in [0.717, 1.165) is 90.7 Å². The van der Waals surface area contributed by atoms with Gasteiger partial charge in [0.25, 0.3) is 0 Å². The van der Waals surface area contributed by atoms with Crippen molar-refractivity contribution in [1.29, 1.82) is 0 Å². The van der Waals surface area contributed by atoms with E-state index in [4.69, 9.17) is 14.4 Å². The standard InChI is InChI=1S/C69H60N2O/c1-45-38-65(62-27-17-26-60-61-36-37-64(50-18-9-8-10-19-50)71-67(61)72-66(60)62)70-44-63(45)59-25-16-15-24-58(59)53-40-51(56-22-13-11-20-54(56)48-32-28-46(29-33-48)42-68(2,3)4)39-52(41-53)57-23-14-12-21-55(57)49-34-30-47(31-35-49)43-69(5,6)7/h8-41,44H,42-43H2,1-7H3. The van der Waals surface area contributed by atoms with Gasteiger partial charge in [-0.3, -0.25) is 4.98 Å². The average molecular weight is 933 g/mol. The molecule has 11 aromatic rings. The molecule has 0 saturated carbocycles. The summed E-state index contributed by atoms with van der Waals surface area (Å²) < 4.78 is 6.59. The molecule has 0 fully saturated rings. The third-order valence-corrected chi connectivity index (χ3v) is 13.8. The fourth-order valence-corrected chi connectivity index (χ4v) is 10.5. The summed E-state index contributed by atoms with van der Waals surface area (Å²) >= 11 is 0. The van der Waals surface area contributed by atoms with Gasteiger partial charge in [-0.2, -0.15) is 0 Å². The Morgan fingerprint density at radius 3 is 1.32 bits per heavy atom. The van der Waals surface area contributed by atoms with E-state index in [1.54, 1.807) is 0 Å². The summed E-state index contributed by atoms with van der Waals surface area (Å²) in [6.07, 6.45) is 4.10. The van der Waals surface area contributed by atoms with Crippen LogP contribution in [0.15, 0.2) is 217 Å². The van der Waals surface area contributed by atoms with E-state index in [0.29, 0.717) is 5.71 Å². The minimum Gasteiger partial charge on any atom is -0.437 e. The summed E-state index contributed by atoms with van der Waals surface area (Å²) in [5, 5.41) is 2.01. The van der Waals surface area contributed by atoms with Crippen molar-refractivity contribution in [2.75, 3.05) is 0 Å². The maximum absolute atomic E-state index is 6.59. The van der Waals surface area contributed by atoms with Crippen LogP contribution in [-0.4, -0.2) is 9.97 Å². The molecule has 352 valence electrons. The Hall–Kier alpha value is -8.14. The molecule has 3 aromatic heterocycles. The summed E-state index contributed by atoms with van der Waals surface area (Å²) in [6, 6.07) is 75.0. The summed E-state index contributed by atoms with van der Waals surface area (Å²) in [7, 11) is 0. The molecule has 0 unspecified atom stereocenters. The third-order valence-electron chi connectivity index (χ3n) is 13.8. The number of pyridine rings is 2. The Morgan fingerprint density at radius 1 is 0.361 bits per heavy atom. The lowest BCUT2D eigenvalue weighted by atomic mass is 9.85. The first-order chi connectivity index (χ1) is 34.8. The molecule has 0 radical (unpaired) electrons. The van der Waals surface area contributed by atoms with Crippen molar-refractivity contribution in [2.45, 2.75) is 61.3 Å². The third kappa shape index (κ3) is 9.55. The quantitative estimate of drug-likeness (QED) is 0.137. The van der Waals surface area contributed by atoms with Crippen LogP contribution in [0.5, 0.6) is 0 Å². The molecule has 8 aromatic carbocycles. The lowest BCUT2D eigenvalue weighted by Crippen LogP contribution is -2.08. The van der Waals surface area contributed by atoms with Crippen LogP contribution in [0.2, 0.25) is 0 Å². The van der Waals surface area contributed by atoms with Gasteiger partial charge in [-0.05, 0) is 151 Å². The maximum Gasteiger partial charge on any atom is 0.227 e. The zero-order valence-electron chi connectivity index (χ0n) is 42.4. The molecule has 0 amide bonds. The van der Waals surface area contributed by atoms with Gasteiger partial charge in [-0.1, -0.05) is 205 Å². The van der Waals surface area contributed by atoms with Crippen molar-refractivity contribution in [3.05, 3.63) is 229 Å². The van der Waals surface area contributed by atoms with E-state index in [9.17, 15) is 0 Å². The van der Waals surface area contributed by atoms with Crippen molar-refractivity contribution in [3.63, 3.8) is 0 Å². The number of aromatic nitrogens is 2. The summed E-state index contributed by atoms with van der Waals surface area (Å²) in [6.45, 7) is 16.0. The molecule has 3 nitrogen and oxygen atoms in total. The van der Waals surface area contributed by atoms with Gasteiger partial charge in [-0.15, -0.1) is 0 Å². The van der Waals surface area contributed by atoms with E-state index in [1.165, 1.54) is 44.5 Å². The SMILES string of the molecule is Cc1cc(-c2cccc3c2oc2nc(-c4ccccc4)ccc23)ncc1-c1ccccc1-c1cc(-c2ccccc2-c2ccc(CC(C)(C)C)cc2)cc(-c2ccccc2-c2ccc(CC(C)(C)C)cc2)c1.